The molecule has 18 heteroatoms. The van der Waals surface area contributed by atoms with Gasteiger partial charge in [-0.1, -0.05) is 20.3 Å². The van der Waals surface area contributed by atoms with Gasteiger partial charge in [0, 0.05) is 12.6 Å². The topological polar surface area (TPSA) is 3.24 Å². The molecular weight excluding hydrogens is 553 g/mol. The standard InChI is InChI=1S/C18H14F17N/c1-3-4-7(2)6-36(18(34,35)15(26,27)14(24,25)17(31,32)33)9-5-8(19)11(20)10(12(9)21)13(22,23)16(28,29)30/h5,7H,3-4,6H2,1-2H3. The molecule has 1 aromatic rings. The molecule has 0 saturated heterocycles. The van der Waals surface area contributed by atoms with Gasteiger partial charge in [0.15, 0.2) is 17.5 Å². The summed E-state index contributed by atoms with van der Waals surface area (Å²) < 4.78 is 229. The predicted molar refractivity (Wildman–Crippen MR) is 88.6 cm³/mol. The Bertz CT molecular complexity index is 931. The first-order valence-corrected chi connectivity index (χ1v) is 9.40. The van der Waals surface area contributed by atoms with Crippen molar-refractivity contribution in [2.75, 3.05) is 11.4 Å². The van der Waals surface area contributed by atoms with Crippen LogP contribution in [0.25, 0.3) is 0 Å². The molecule has 0 aromatic heterocycles. The molecule has 0 N–H and O–H groups in total. The maximum absolute atomic E-state index is 14.7. The van der Waals surface area contributed by atoms with Crippen molar-refractivity contribution in [1.29, 1.82) is 0 Å². The summed E-state index contributed by atoms with van der Waals surface area (Å²) in [5, 5.41) is 0. The van der Waals surface area contributed by atoms with E-state index in [9.17, 15) is 74.6 Å². The number of alkyl halides is 14. The molecule has 0 spiro atoms. The van der Waals surface area contributed by atoms with Crippen molar-refractivity contribution < 1.29 is 74.6 Å². The van der Waals surface area contributed by atoms with Crippen molar-refractivity contribution in [3.05, 3.63) is 29.1 Å². The molecule has 1 aromatic carbocycles. The Labute approximate surface area is 190 Å². The zero-order valence-electron chi connectivity index (χ0n) is 17.6. The van der Waals surface area contributed by atoms with E-state index in [4.69, 9.17) is 0 Å². The van der Waals surface area contributed by atoms with Crippen molar-refractivity contribution in [1.82, 2.24) is 0 Å². The molecule has 1 nitrogen and oxygen atoms in total. The number of benzene rings is 1. The third-order valence-electron chi connectivity index (χ3n) is 4.84. The Morgan fingerprint density at radius 3 is 1.58 bits per heavy atom. The molecule has 0 aliphatic carbocycles. The molecule has 210 valence electrons. The van der Waals surface area contributed by atoms with E-state index in [0.717, 1.165) is 6.92 Å². The summed E-state index contributed by atoms with van der Waals surface area (Å²) in [5.74, 6) is -33.0. The van der Waals surface area contributed by atoms with Gasteiger partial charge in [-0.2, -0.15) is 61.5 Å². The second kappa shape index (κ2) is 9.61. The normalized spacial score (nSPS) is 15.3. The van der Waals surface area contributed by atoms with Gasteiger partial charge >= 0.3 is 36.2 Å². The summed E-state index contributed by atoms with van der Waals surface area (Å²) >= 11 is 0. The van der Waals surface area contributed by atoms with Gasteiger partial charge in [-0.05, 0) is 12.3 Å². The lowest BCUT2D eigenvalue weighted by Crippen LogP contribution is -2.67. The minimum Gasteiger partial charge on any atom is -0.305 e. The van der Waals surface area contributed by atoms with Gasteiger partial charge in [0.05, 0.1) is 5.69 Å². The van der Waals surface area contributed by atoms with Crippen LogP contribution in [0.5, 0.6) is 0 Å². The van der Waals surface area contributed by atoms with Crippen LogP contribution in [0.15, 0.2) is 6.07 Å². The van der Waals surface area contributed by atoms with Gasteiger partial charge in [0.25, 0.3) is 0 Å². The number of hydrogen-bond donors (Lipinski definition) is 0. The monoisotopic (exact) mass is 567 g/mol. The lowest BCUT2D eigenvalue weighted by atomic mass is 9.99. The third kappa shape index (κ3) is 5.13. The van der Waals surface area contributed by atoms with E-state index < -0.39 is 88.3 Å². The van der Waals surface area contributed by atoms with Crippen LogP contribution < -0.4 is 4.90 Å². The first-order valence-electron chi connectivity index (χ1n) is 9.40. The molecule has 0 amide bonds. The zero-order chi connectivity index (χ0) is 28.9. The molecule has 1 rings (SSSR count). The van der Waals surface area contributed by atoms with Crippen LogP contribution >= 0.6 is 0 Å². The van der Waals surface area contributed by atoms with Crippen LogP contribution in [0.2, 0.25) is 0 Å². The molecule has 1 unspecified atom stereocenters. The second-order valence-corrected chi connectivity index (χ2v) is 7.64. The number of nitrogens with zero attached hydrogens (tertiary/aromatic N) is 1. The first kappa shape index (κ1) is 31.9. The number of halogens is 17. The van der Waals surface area contributed by atoms with E-state index in [2.05, 4.69) is 0 Å². The van der Waals surface area contributed by atoms with Gasteiger partial charge in [-0.25, -0.2) is 13.2 Å². The van der Waals surface area contributed by atoms with Gasteiger partial charge in [0.1, 0.15) is 5.56 Å². The Hall–Kier alpha value is -2.17. The molecule has 1 atom stereocenters. The van der Waals surface area contributed by atoms with Gasteiger partial charge < -0.3 is 4.90 Å². The fourth-order valence-electron chi connectivity index (χ4n) is 3.00. The molecule has 0 fully saturated rings. The summed E-state index contributed by atoms with van der Waals surface area (Å²) in [5.41, 5.74) is -6.36. The lowest BCUT2D eigenvalue weighted by molar-refractivity contribution is -0.395. The van der Waals surface area contributed by atoms with Crippen molar-refractivity contribution in [3.63, 3.8) is 0 Å². The van der Waals surface area contributed by atoms with Crippen LogP contribution in [-0.2, 0) is 5.92 Å². The fourth-order valence-corrected chi connectivity index (χ4v) is 3.00. The molecule has 36 heavy (non-hydrogen) atoms. The van der Waals surface area contributed by atoms with Crippen LogP contribution in [0.3, 0.4) is 0 Å². The second-order valence-electron chi connectivity index (χ2n) is 7.64. The predicted octanol–water partition coefficient (Wildman–Crippen LogP) is 8.43. The van der Waals surface area contributed by atoms with E-state index in [1.54, 1.807) is 0 Å². The highest BCUT2D eigenvalue weighted by molar-refractivity contribution is 5.54. The van der Waals surface area contributed by atoms with Crippen LogP contribution in [0.4, 0.5) is 80.3 Å². The minimum atomic E-state index is -7.58. The number of rotatable bonds is 9. The highest BCUT2D eigenvalue weighted by Gasteiger charge is 2.83. The number of anilines is 1. The maximum atomic E-state index is 14.7. The van der Waals surface area contributed by atoms with E-state index in [1.165, 1.54) is 6.92 Å². The summed E-state index contributed by atoms with van der Waals surface area (Å²) in [6.07, 6.45) is -14.7. The van der Waals surface area contributed by atoms with Crippen molar-refractivity contribution in [3.8, 4) is 0 Å². The summed E-state index contributed by atoms with van der Waals surface area (Å²) in [6.45, 7) is 0.255. The summed E-state index contributed by atoms with van der Waals surface area (Å²) in [6, 6.07) is -7.86. The van der Waals surface area contributed by atoms with E-state index >= 15 is 0 Å². The summed E-state index contributed by atoms with van der Waals surface area (Å²) in [7, 11) is 0. The smallest absolute Gasteiger partial charge is 0.305 e. The average Bonchev–Trinajstić information content (AvgIpc) is 2.67. The summed E-state index contributed by atoms with van der Waals surface area (Å²) in [4.78, 5) is -1.72. The Balaban J connectivity index is 4.07. The quantitative estimate of drug-likeness (QED) is 0.165. The molecule has 0 heterocycles. The van der Waals surface area contributed by atoms with Gasteiger partial charge in [-0.15, -0.1) is 0 Å². The molecule has 0 bridgehead atoms. The van der Waals surface area contributed by atoms with Gasteiger partial charge in [-0.3, -0.25) is 0 Å². The molecule has 0 radical (unpaired) electrons. The van der Waals surface area contributed by atoms with Crippen LogP contribution in [0.1, 0.15) is 32.3 Å². The van der Waals surface area contributed by atoms with Crippen molar-refractivity contribution >= 4 is 5.69 Å². The zero-order valence-corrected chi connectivity index (χ0v) is 17.6. The molecule has 0 aliphatic rings. The van der Waals surface area contributed by atoms with E-state index in [1.807, 2.05) is 0 Å². The Morgan fingerprint density at radius 2 is 1.19 bits per heavy atom. The molecule has 0 aliphatic heterocycles. The SMILES string of the molecule is CCCC(C)CN(c1cc(F)c(F)c(C(F)(F)C(F)(F)F)c1F)C(F)(F)C(F)(F)C(F)(F)C(F)(F)F. The van der Waals surface area contributed by atoms with Crippen LogP contribution in [-0.4, -0.2) is 36.8 Å². The maximum Gasteiger partial charge on any atom is 0.460 e. The largest absolute Gasteiger partial charge is 0.460 e. The fraction of sp³-hybridized carbons (Fsp3) is 0.667. The average molecular weight is 567 g/mol. The highest BCUT2D eigenvalue weighted by Crippen LogP contribution is 2.56. The Kier molecular flexibility index (Phi) is 8.51. The van der Waals surface area contributed by atoms with Gasteiger partial charge in [0.2, 0.25) is 0 Å². The van der Waals surface area contributed by atoms with E-state index in [-0.39, 0.29) is 12.8 Å². The third-order valence-corrected chi connectivity index (χ3v) is 4.84. The molecule has 0 saturated carbocycles. The number of hydrogen-bond acceptors (Lipinski definition) is 1. The van der Waals surface area contributed by atoms with Crippen molar-refractivity contribution in [2.24, 2.45) is 5.92 Å². The van der Waals surface area contributed by atoms with E-state index in [0.29, 0.717) is 0 Å². The lowest BCUT2D eigenvalue weighted by Gasteiger charge is -2.42. The highest BCUT2D eigenvalue weighted by atomic mass is 19.4. The van der Waals surface area contributed by atoms with Crippen molar-refractivity contribution in [2.45, 2.75) is 62.9 Å². The first-order chi connectivity index (χ1) is 15.8. The molecular formula is C18H14F17N. The van der Waals surface area contributed by atoms with Crippen LogP contribution in [0, 0.1) is 23.4 Å². The minimum absolute atomic E-state index is 0.0205. The Morgan fingerprint density at radius 1 is 0.722 bits per heavy atom.